The van der Waals surface area contributed by atoms with Crippen LogP contribution in [0.3, 0.4) is 0 Å². The van der Waals surface area contributed by atoms with Gasteiger partial charge in [-0.15, -0.1) is 0 Å². The Kier molecular flexibility index (Phi) is 5.55. The molecule has 1 fully saturated rings. The van der Waals surface area contributed by atoms with Gasteiger partial charge in [0.1, 0.15) is 11.9 Å². The molecule has 27 heavy (non-hydrogen) atoms. The molecule has 7 nitrogen and oxygen atoms in total. The summed E-state index contributed by atoms with van der Waals surface area (Å²) in [4.78, 5) is 26.0. The number of carboxylic acids is 1. The van der Waals surface area contributed by atoms with Gasteiger partial charge in [-0.3, -0.25) is 19.2 Å². The van der Waals surface area contributed by atoms with Gasteiger partial charge in [0, 0.05) is 36.5 Å². The van der Waals surface area contributed by atoms with Crippen LogP contribution in [-0.2, 0) is 22.7 Å². The summed E-state index contributed by atoms with van der Waals surface area (Å²) in [5.41, 5.74) is 1.19. The maximum Gasteiger partial charge on any atom is 0.320 e. The topological polar surface area (TPSA) is 87.5 Å². The fourth-order valence-electron chi connectivity index (χ4n) is 3.68. The number of carbonyl (C=O) groups excluding carboxylic acids is 1. The molecule has 8 heteroatoms. The lowest BCUT2D eigenvalue weighted by molar-refractivity contribution is -0.142. The van der Waals surface area contributed by atoms with Crippen molar-refractivity contribution >= 4 is 11.9 Å². The molecule has 1 aliphatic rings. The summed E-state index contributed by atoms with van der Waals surface area (Å²) in [6, 6.07) is 4.72. The second-order valence-corrected chi connectivity index (χ2v) is 6.75. The second-order valence-electron chi connectivity index (χ2n) is 6.75. The second kappa shape index (κ2) is 7.87. The first-order chi connectivity index (χ1) is 12.9. The molecule has 0 bridgehead atoms. The van der Waals surface area contributed by atoms with E-state index in [9.17, 15) is 19.1 Å². The number of aliphatic carboxylic acids is 1. The molecule has 2 heterocycles. The predicted octanol–water partition coefficient (Wildman–Crippen LogP) is 1.80. The Morgan fingerprint density at radius 1 is 1.37 bits per heavy atom. The smallest absolute Gasteiger partial charge is 0.320 e. The van der Waals surface area contributed by atoms with Gasteiger partial charge in [0.05, 0.1) is 12.1 Å². The number of halogens is 1. The molecule has 0 spiro atoms. The molecule has 1 amide bonds. The van der Waals surface area contributed by atoms with Gasteiger partial charge in [-0.05, 0) is 26.5 Å². The van der Waals surface area contributed by atoms with Crippen molar-refractivity contribution in [1.82, 2.24) is 20.0 Å². The van der Waals surface area contributed by atoms with E-state index in [0.29, 0.717) is 12.1 Å². The first-order valence-corrected chi connectivity index (χ1v) is 8.90. The number of carboxylic acid groups (broad SMARTS) is 1. The summed E-state index contributed by atoms with van der Waals surface area (Å²) in [5, 5.41) is 16.5. The van der Waals surface area contributed by atoms with Gasteiger partial charge >= 0.3 is 5.97 Å². The van der Waals surface area contributed by atoms with Crippen molar-refractivity contribution in [2.24, 2.45) is 5.92 Å². The fourth-order valence-corrected chi connectivity index (χ4v) is 3.68. The molecule has 0 saturated carbocycles. The Labute approximate surface area is 156 Å². The lowest BCUT2D eigenvalue weighted by Gasteiger charge is -2.26. The SMILES string of the molecule is CCn1cc(CNC(=O)[C@H]2C[C@@H](C(=O)O)N(C)[C@H]2c2ccccc2F)cn1. The van der Waals surface area contributed by atoms with Crippen LogP contribution in [0.25, 0.3) is 0 Å². The summed E-state index contributed by atoms with van der Waals surface area (Å²) in [5.74, 6) is -2.40. The molecule has 2 N–H and O–H groups in total. The molecular formula is C19H23FN4O3. The first kappa shape index (κ1) is 19.0. The average molecular weight is 374 g/mol. The molecule has 0 radical (unpaired) electrons. The number of aromatic nitrogens is 2. The van der Waals surface area contributed by atoms with E-state index in [1.807, 2.05) is 13.1 Å². The van der Waals surface area contributed by atoms with Crippen LogP contribution in [0.2, 0.25) is 0 Å². The average Bonchev–Trinajstić information content (AvgIpc) is 3.24. The highest BCUT2D eigenvalue weighted by molar-refractivity contribution is 5.83. The van der Waals surface area contributed by atoms with Gasteiger partial charge in [-0.1, -0.05) is 18.2 Å². The lowest BCUT2D eigenvalue weighted by Crippen LogP contribution is -2.36. The number of rotatable bonds is 6. The van der Waals surface area contributed by atoms with Crippen LogP contribution in [0.15, 0.2) is 36.7 Å². The van der Waals surface area contributed by atoms with Crippen LogP contribution in [0.4, 0.5) is 4.39 Å². The molecule has 144 valence electrons. The number of nitrogens with one attached hydrogen (secondary N) is 1. The number of aryl methyl sites for hydroxylation is 1. The summed E-state index contributed by atoms with van der Waals surface area (Å²) in [6.07, 6.45) is 3.65. The predicted molar refractivity (Wildman–Crippen MR) is 96.2 cm³/mol. The molecule has 1 saturated heterocycles. The summed E-state index contributed by atoms with van der Waals surface area (Å²) in [6.45, 7) is 2.99. The van der Waals surface area contributed by atoms with Crippen molar-refractivity contribution in [2.75, 3.05) is 7.05 Å². The summed E-state index contributed by atoms with van der Waals surface area (Å²) >= 11 is 0. The normalized spacial score (nSPS) is 22.7. The van der Waals surface area contributed by atoms with Crippen molar-refractivity contribution in [1.29, 1.82) is 0 Å². The van der Waals surface area contributed by atoms with Crippen molar-refractivity contribution in [2.45, 2.75) is 38.5 Å². The highest BCUT2D eigenvalue weighted by Crippen LogP contribution is 2.41. The molecule has 1 aromatic carbocycles. The Morgan fingerprint density at radius 3 is 2.74 bits per heavy atom. The molecule has 3 rings (SSSR count). The van der Waals surface area contributed by atoms with Gasteiger partial charge in [0.25, 0.3) is 0 Å². The molecule has 1 aromatic heterocycles. The number of hydrogen-bond donors (Lipinski definition) is 2. The van der Waals surface area contributed by atoms with Crippen LogP contribution < -0.4 is 5.32 Å². The number of nitrogens with zero attached hydrogens (tertiary/aromatic N) is 3. The standard InChI is InChI=1S/C19H23FN4O3/c1-3-24-11-12(10-22-24)9-21-18(25)14-8-16(19(26)27)23(2)17(14)13-6-4-5-7-15(13)20/h4-7,10-11,14,16-17H,3,8-9H2,1-2H3,(H,21,25)(H,26,27)/t14-,16-,17-/m0/s1. The van der Waals surface area contributed by atoms with Crippen LogP contribution in [0.1, 0.15) is 30.5 Å². The van der Waals surface area contributed by atoms with Gasteiger partial charge in [0.15, 0.2) is 0 Å². The zero-order valence-corrected chi connectivity index (χ0v) is 15.3. The van der Waals surface area contributed by atoms with Crippen molar-refractivity contribution in [3.8, 4) is 0 Å². The Balaban J connectivity index is 1.80. The van der Waals surface area contributed by atoms with Gasteiger partial charge in [-0.2, -0.15) is 5.10 Å². The Morgan fingerprint density at radius 2 is 2.11 bits per heavy atom. The minimum atomic E-state index is -1.02. The van der Waals surface area contributed by atoms with E-state index in [1.165, 1.54) is 6.07 Å². The van der Waals surface area contributed by atoms with Gasteiger partial charge in [0.2, 0.25) is 5.91 Å². The van der Waals surface area contributed by atoms with E-state index in [1.54, 1.807) is 41.0 Å². The van der Waals surface area contributed by atoms with Crippen LogP contribution in [-0.4, -0.2) is 44.8 Å². The van der Waals surface area contributed by atoms with Crippen molar-refractivity contribution in [3.05, 3.63) is 53.6 Å². The molecule has 1 aliphatic heterocycles. The van der Waals surface area contributed by atoms with E-state index in [2.05, 4.69) is 10.4 Å². The van der Waals surface area contributed by atoms with E-state index in [0.717, 1.165) is 12.1 Å². The number of benzene rings is 1. The fraction of sp³-hybridized carbons (Fsp3) is 0.421. The maximum absolute atomic E-state index is 14.4. The molecule has 2 aromatic rings. The number of likely N-dealkylation sites (N-methyl/N-ethyl adjacent to an activating group) is 1. The number of amides is 1. The monoisotopic (exact) mass is 374 g/mol. The molecule has 0 aliphatic carbocycles. The van der Waals surface area contributed by atoms with Crippen molar-refractivity contribution < 1.29 is 19.1 Å². The lowest BCUT2D eigenvalue weighted by atomic mass is 9.92. The molecule has 0 unspecified atom stereocenters. The third-order valence-corrected chi connectivity index (χ3v) is 5.11. The Bertz CT molecular complexity index is 838. The van der Waals surface area contributed by atoms with Crippen LogP contribution in [0, 0.1) is 11.7 Å². The number of hydrogen-bond acceptors (Lipinski definition) is 4. The number of carbonyl (C=O) groups is 2. The quantitative estimate of drug-likeness (QED) is 0.805. The zero-order valence-electron chi connectivity index (χ0n) is 15.3. The highest BCUT2D eigenvalue weighted by atomic mass is 19.1. The van der Waals surface area contributed by atoms with Crippen LogP contribution in [0.5, 0.6) is 0 Å². The summed E-state index contributed by atoms with van der Waals surface area (Å²) in [7, 11) is 1.62. The Hall–Kier alpha value is -2.74. The summed E-state index contributed by atoms with van der Waals surface area (Å²) < 4.78 is 16.1. The number of likely N-dealkylation sites (tertiary alicyclic amines) is 1. The molecule has 3 atom stereocenters. The van der Waals surface area contributed by atoms with Crippen molar-refractivity contribution in [3.63, 3.8) is 0 Å². The minimum Gasteiger partial charge on any atom is -0.480 e. The van der Waals surface area contributed by atoms with Gasteiger partial charge in [-0.25, -0.2) is 4.39 Å². The van der Waals surface area contributed by atoms with Crippen LogP contribution >= 0.6 is 0 Å². The largest absolute Gasteiger partial charge is 0.480 e. The third-order valence-electron chi connectivity index (χ3n) is 5.11. The third kappa shape index (κ3) is 3.85. The molecular weight excluding hydrogens is 351 g/mol. The highest BCUT2D eigenvalue weighted by Gasteiger charge is 2.47. The van der Waals surface area contributed by atoms with E-state index in [4.69, 9.17) is 0 Å². The van der Waals surface area contributed by atoms with E-state index >= 15 is 0 Å². The zero-order chi connectivity index (χ0) is 19.6. The first-order valence-electron chi connectivity index (χ1n) is 8.90. The minimum absolute atomic E-state index is 0.130. The maximum atomic E-state index is 14.4. The van der Waals surface area contributed by atoms with E-state index < -0.39 is 29.8 Å². The van der Waals surface area contributed by atoms with Gasteiger partial charge < -0.3 is 10.4 Å². The van der Waals surface area contributed by atoms with E-state index in [-0.39, 0.29) is 12.3 Å².